The molecule has 0 aromatic heterocycles. The summed E-state index contributed by atoms with van der Waals surface area (Å²) in [5.41, 5.74) is 3.03. The van der Waals surface area contributed by atoms with E-state index < -0.39 is 10.0 Å². The van der Waals surface area contributed by atoms with Crippen LogP contribution in [0.1, 0.15) is 44.2 Å². The summed E-state index contributed by atoms with van der Waals surface area (Å²) < 4.78 is 28.1. The summed E-state index contributed by atoms with van der Waals surface area (Å²) in [6.07, 6.45) is 3.96. The minimum Gasteiger partial charge on any atom is -0.312 e. The molecular formula is C19H26N2O3S. The lowest BCUT2D eigenvalue weighted by Crippen LogP contribution is -2.43. The maximum atomic E-state index is 13.2. The van der Waals surface area contributed by atoms with Gasteiger partial charge < -0.3 is 4.90 Å². The van der Waals surface area contributed by atoms with Gasteiger partial charge in [-0.25, -0.2) is 8.42 Å². The normalized spacial score (nSPS) is 27.3. The molecule has 25 heavy (non-hydrogen) atoms. The van der Waals surface area contributed by atoms with Crippen LogP contribution in [0.4, 0.5) is 5.69 Å². The molecule has 6 heteroatoms. The summed E-state index contributed by atoms with van der Waals surface area (Å²) in [6, 6.07) is 3.64. The van der Waals surface area contributed by atoms with Crippen molar-refractivity contribution in [3.63, 3.8) is 0 Å². The molecule has 3 aliphatic rings. The molecule has 1 fully saturated rings. The zero-order valence-corrected chi connectivity index (χ0v) is 15.8. The van der Waals surface area contributed by atoms with Gasteiger partial charge in [0.05, 0.1) is 10.6 Å². The third-order valence-electron chi connectivity index (χ3n) is 5.72. The van der Waals surface area contributed by atoms with E-state index in [2.05, 4.69) is 13.8 Å². The van der Waals surface area contributed by atoms with Crippen molar-refractivity contribution >= 4 is 21.6 Å². The zero-order chi connectivity index (χ0) is 17.8. The number of anilines is 1. The van der Waals surface area contributed by atoms with Crippen LogP contribution in [0.2, 0.25) is 0 Å². The number of piperidine rings is 1. The van der Waals surface area contributed by atoms with Crippen molar-refractivity contribution in [2.75, 3.05) is 24.5 Å². The predicted molar refractivity (Wildman–Crippen MR) is 97.1 cm³/mol. The van der Waals surface area contributed by atoms with Gasteiger partial charge in [0.2, 0.25) is 15.9 Å². The fourth-order valence-corrected chi connectivity index (χ4v) is 6.50. The first kappa shape index (κ1) is 17.0. The van der Waals surface area contributed by atoms with E-state index in [1.54, 1.807) is 4.31 Å². The van der Waals surface area contributed by atoms with Crippen molar-refractivity contribution in [2.45, 2.75) is 50.8 Å². The Morgan fingerprint density at radius 2 is 1.64 bits per heavy atom. The van der Waals surface area contributed by atoms with Crippen molar-refractivity contribution in [2.24, 2.45) is 11.8 Å². The van der Waals surface area contributed by atoms with Crippen molar-refractivity contribution in [1.29, 1.82) is 0 Å². The molecule has 0 unspecified atom stereocenters. The second-order valence-electron chi connectivity index (χ2n) is 8.01. The summed E-state index contributed by atoms with van der Waals surface area (Å²) in [5.74, 6) is 0.952. The average Bonchev–Trinajstić information content (AvgIpc) is 2.57. The molecule has 0 radical (unpaired) electrons. The van der Waals surface area contributed by atoms with Crippen LogP contribution in [0, 0.1) is 11.8 Å². The lowest BCUT2D eigenvalue weighted by atomic mass is 9.92. The van der Waals surface area contributed by atoms with Gasteiger partial charge in [0.15, 0.2) is 0 Å². The van der Waals surface area contributed by atoms with Gasteiger partial charge in [0.1, 0.15) is 0 Å². The van der Waals surface area contributed by atoms with Gasteiger partial charge in [0, 0.05) is 26.1 Å². The summed E-state index contributed by atoms with van der Waals surface area (Å²) in [6.45, 7) is 6.20. The van der Waals surface area contributed by atoms with Gasteiger partial charge in [-0.15, -0.1) is 0 Å². The first-order chi connectivity index (χ1) is 11.9. The highest BCUT2D eigenvalue weighted by Crippen LogP contribution is 2.38. The van der Waals surface area contributed by atoms with E-state index in [-0.39, 0.29) is 5.91 Å². The van der Waals surface area contributed by atoms with Crippen LogP contribution in [-0.4, -0.2) is 38.3 Å². The van der Waals surface area contributed by atoms with Gasteiger partial charge in [-0.05, 0) is 60.8 Å². The molecule has 1 aromatic carbocycles. The second-order valence-corrected chi connectivity index (χ2v) is 9.95. The Morgan fingerprint density at radius 1 is 1.00 bits per heavy atom. The number of sulfonamides is 1. The molecule has 1 saturated heterocycles. The fourth-order valence-electron chi connectivity index (χ4n) is 4.72. The molecule has 136 valence electrons. The Hall–Kier alpha value is -1.40. The molecular weight excluding hydrogens is 336 g/mol. The van der Waals surface area contributed by atoms with Crippen LogP contribution in [0.25, 0.3) is 0 Å². The summed E-state index contributed by atoms with van der Waals surface area (Å²) in [4.78, 5) is 14.5. The summed E-state index contributed by atoms with van der Waals surface area (Å²) >= 11 is 0. The molecule has 2 atom stereocenters. The van der Waals surface area contributed by atoms with E-state index in [1.807, 2.05) is 17.0 Å². The van der Waals surface area contributed by atoms with Crippen LogP contribution >= 0.6 is 0 Å². The maximum Gasteiger partial charge on any atom is 0.243 e. The fraction of sp³-hybridized carbons (Fsp3) is 0.632. The molecule has 3 heterocycles. The summed E-state index contributed by atoms with van der Waals surface area (Å²) in [5, 5.41) is 0. The number of amides is 1. The minimum atomic E-state index is -3.47. The van der Waals surface area contributed by atoms with Crippen LogP contribution < -0.4 is 4.90 Å². The molecule has 0 spiro atoms. The van der Waals surface area contributed by atoms with Crippen molar-refractivity contribution in [3.05, 3.63) is 23.3 Å². The largest absolute Gasteiger partial charge is 0.312 e. The molecule has 0 aliphatic carbocycles. The van der Waals surface area contributed by atoms with Gasteiger partial charge >= 0.3 is 0 Å². The third-order valence-corrected chi connectivity index (χ3v) is 7.53. The molecule has 4 rings (SSSR count). The van der Waals surface area contributed by atoms with E-state index in [4.69, 9.17) is 0 Å². The Labute approximate surface area is 150 Å². The van der Waals surface area contributed by atoms with Crippen molar-refractivity contribution in [1.82, 2.24) is 4.31 Å². The van der Waals surface area contributed by atoms with Crippen LogP contribution in [-0.2, 0) is 27.7 Å². The molecule has 1 aromatic rings. The Morgan fingerprint density at radius 3 is 2.32 bits per heavy atom. The van der Waals surface area contributed by atoms with Crippen molar-refractivity contribution < 1.29 is 13.2 Å². The standard InChI is InChI=1S/C19H26N2O3S/c1-13-8-14(2)12-20(11-13)25(23,24)17-9-15-4-3-7-21-18(22)6-5-16(10-17)19(15)21/h9-10,13-14H,3-8,11-12H2,1-2H3/t13-,14-/m1/s1. The van der Waals surface area contributed by atoms with E-state index >= 15 is 0 Å². The lowest BCUT2D eigenvalue weighted by molar-refractivity contribution is -0.119. The van der Waals surface area contributed by atoms with E-state index in [0.29, 0.717) is 42.7 Å². The molecule has 3 aliphatic heterocycles. The van der Waals surface area contributed by atoms with Crippen LogP contribution in [0.15, 0.2) is 17.0 Å². The Kier molecular flexibility index (Phi) is 4.15. The maximum absolute atomic E-state index is 13.2. The van der Waals surface area contributed by atoms with E-state index in [0.717, 1.165) is 42.6 Å². The van der Waals surface area contributed by atoms with Gasteiger partial charge in [0.25, 0.3) is 0 Å². The van der Waals surface area contributed by atoms with E-state index in [9.17, 15) is 13.2 Å². The Bertz CT molecular complexity index is 791. The molecule has 5 nitrogen and oxygen atoms in total. The molecule has 0 saturated carbocycles. The minimum absolute atomic E-state index is 0.169. The van der Waals surface area contributed by atoms with Crippen LogP contribution in [0.5, 0.6) is 0 Å². The number of carbonyl (C=O) groups is 1. The number of benzene rings is 1. The highest BCUT2D eigenvalue weighted by molar-refractivity contribution is 7.89. The first-order valence-corrected chi connectivity index (χ1v) is 10.8. The molecule has 0 bridgehead atoms. The van der Waals surface area contributed by atoms with Gasteiger partial charge in [-0.3, -0.25) is 4.79 Å². The van der Waals surface area contributed by atoms with Gasteiger partial charge in [-0.2, -0.15) is 4.31 Å². The quantitative estimate of drug-likeness (QED) is 0.812. The highest BCUT2D eigenvalue weighted by Gasteiger charge is 2.35. The number of rotatable bonds is 2. The SMILES string of the molecule is C[C@@H]1C[C@@H](C)CN(S(=O)(=O)c2cc3c4c(c2)CCC(=O)N4CCC3)C1. The second kappa shape index (κ2) is 6.09. The van der Waals surface area contributed by atoms with Crippen molar-refractivity contribution in [3.8, 4) is 0 Å². The number of carbonyl (C=O) groups excluding carboxylic acids is 1. The smallest absolute Gasteiger partial charge is 0.243 e. The van der Waals surface area contributed by atoms with Crippen LogP contribution in [0.3, 0.4) is 0 Å². The third kappa shape index (κ3) is 2.89. The zero-order valence-electron chi connectivity index (χ0n) is 15.0. The summed E-state index contributed by atoms with van der Waals surface area (Å²) in [7, 11) is -3.47. The number of hydrogen-bond acceptors (Lipinski definition) is 3. The molecule has 1 amide bonds. The number of aryl methyl sites for hydroxylation is 2. The average molecular weight is 362 g/mol. The first-order valence-electron chi connectivity index (χ1n) is 9.32. The monoisotopic (exact) mass is 362 g/mol. The number of nitrogens with zero attached hydrogens (tertiary/aromatic N) is 2. The topological polar surface area (TPSA) is 57.7 Å². The highest BCUT2D eigenvalue weighted by atomic mass is 32.2. The predicted octanol–water partition coefficient (Wildman–Crippen LogP) is 2.58. The van der Waals surface area contributed by atoms with E-state index in [1.165, 1.54) is 0 Å². The van der Waals surface area contributed by atoms with Gasteiger partial charge in [-0.1, -0.05) is 13.8 Å². The Balaban J connectivity index is 1.75. The molecule has 0 N–H and O–H groups in total. The lowest BCUT2D eigenvalue weighted by Gasteiger charge is -2.37. The number of hydrogen-bond donors (Lipinski definition) is 0.